The number of nitrogens with one attached hydrogen (secondary N) is 1. The molecule has 0 amide bonds. The summed E-state index contributed by atoms with van der Waals surface area (Å²) in [7, 11) is 1.38. The number of carbonyl (C=O) groups is 1. The Bertz CT molecular complexity index is 465. The van der Waals surface area contributed by atoms with E-state index in [4.69, 9.17) is 9.47 Å². The number of esters is 1. The topological polar surface area (TPSA) is 47.6 Å². The van der Waals surface area contributed by atoms with E-state index in [1.807, 2.05) is 20.8 Å². The smallest absolute Gasteiger partial charge is 0.325 e. The number of rotatable bonds is 8. The van der Waals surface area contributed by atoms with Crippen molar-refractivity contribution in [3.8, 4) is 5.75 Å². The Kier molecular flexibility index (Phi) is 6.62. The second kappa shape index (κ2) is 7.98. The number of ether oxygens (including phenoxy) is 2. The van der Waals surface area contributed by atoms with Crippen LogP contribution in [0, 0.1) is 5.82 Å². The Morgan fingerprint density at radius 3 is 2.71 bits per heavy atom. The average Bonchev–Trinajstić information content (AvgIpc) is 2.42. The zero-order valence-electron chi connectivity index (χ0n) is 13.1. The largest absolute Gasteiger partial charge is 0.493 e. The fourth-order valence-corrected chi connectivity index (χ4v) is 2.27. The van der Waals surface area contributed by atoms with Gasteiger partial charge in [0, 0.05) is 12.1 Å². The lowest BCUT2D eigenvalue weighted by atomic mass is 9.95. The first-order valence-corrected chi connectivity index (χ1v) is 7.12. The van der Waals surface area contributed by atoms with E-state index in [0.29, 0.717) is 25.2 Å². The summed E-state index contributed by atoms with van der Waals surface area (Å²) in [6.45, 7) is 6.19. The van der Waals surface area contributed by atoms with E-state index in [1.165, 1.54) is 19.2 Å². The molecule has 0 saturated carbocycles. The Morgan fingerprint density at radius 1 is 1.43 bits per heavy atom. The highest BCUT2D eigenvalue weighted by atomic mass is 19.1. The molecule has 1 unspecified atom stereocenters. The second-order valence-corrected chi connectivity index (χ2v) is 5.53. The molecule has 1 aromatic carbocycles. The normalized spacial score (nSPS) is 13.8. The number of carbonyl (C=O) groups excluding carboxylic acids is 1. The van der Waals surface area contributed by atoms with Crippen molar-refractivity contribution in [2.75, 3.05) is 13.7 Å². The monoisotopic (exact) mass is 297 g/mol. The average molecular weight is 297 g/mol. The maximum absolute atomic E-state index is 13.0. The minimum absolute atomic E-state index is 0.165. The van der Waals surface area contributed by atoms with Gasteiger partial charge < -0.3 is 9.47 Å². The molecule has 1 aromatic rings. The number of hydrogen-bond donors (Lipinski definition) is 1. The molecule has 0 heterocycles. The molecule has 0 aromatic heterocycles. The molecule has 21 heavy (non-hydrogen) atoms. The van der Waals surface area contributed by atoms with Crippen LogP contribution in [0.15, 0.2) is 24.3 Å². The minimum atomic E-state index is -0.742. The van der Waals surface area contributed by atoms with Crippen LogP contribution in [-0.2, 0) is 9.53 Å². The van der Waals surface area contributed by atoms with Crippen molar-refractivity contribution in [3.05, 3.63) is 30.1 Å². The van der Waals surface area contributed by atoms with Crippen molar-refractivity contribution in [1.29, 1.82) is 0 Å². The summed E-state index contributed by atoms with van der Waals surface area (Å²) < 4.78 is 23.3. The lowest BCUT2D eigenvalue weighted by Crippen LogP contribution is -2.53. The van der Waals surface area contributed by atoms with Gasteiger partial charge in [-0.15, -0.1) is 0 Å². The summed E-state index contributed by atoms with van der Waals surface area (Å²) in [6, 6.07) is 6.18. The van der Waals surface area contributed by atoms with E-state index < -0.39 is 5.54 Å². The number of methoxy groups -OCH3 is 1. The van der Waals surface area contributed by atoms with Crippen LogP contribution in [0.2, 0.25) is 0 Å². The van der Waals surface area contributed by atoms with Crippen molar-refractivity contribution in [2.45, 2.75) is 45.2 Å². The highest BCUT2D eigenvalue weighted by molar-refractivity contribution is 5.80. The van der Waals surface area contributed by atoms with E-state index in [-0.39, 0.29) is 17.8 Å². The second-order valence-electron chi connectivity index (χ2n) is 5.53. The third kappa shape index (κ3) is 5.71. The molecule has 0 aliphatic rings. The molecule has 1 N–H and O–H groups in total. The highest BCUT2D eigenvalue weighted by Crippen LogP contribution is 2.17. The lowest BCUT2D eigenvalue weighted by Gasteiger charge is -2.30. The van der Waals surface area contributed by atoms with Crippen molar-refractivity contribution in [2.24, 2.45) is 0 Å². The minimum Gasteiger partial charge on any atom is -0.493 e. The lowest BCUT2D eigenvalue weighted by molar-refractivity contribution is -0.148. The fourth-order valence-electron chi connectivity index (χ4n) is 2.27. The van der Waals surface area contributed by atoms with Crippen molar-refractivity contribution < 1.29 is 18.7 Å². The molecule has 0 aliphatic carbocycles. The summed E-state index contributed by atoms with van der Waals surface area (Å²) in [5.41, 5.74) is -0.742. The van der Waals surface area contributed by atoms with E-state index in [0.717, 1.165) is 0 Å². The highest BCUT2D eigenvalue weighted by Gasteiger charge is 2.34. The van der Waals surface area contributed by atoms with Gasteiger partial charge >= 0.3 is 5.97 Å². The van der Waals surface area contributed by atoms with Crippen LogP contribution in [0.3, 0.4) is 0 Å². The molecule has 0 bridgehead atoms. The summed E-state index contributed by atoms with van der Waals surface area (Å²) >= 11 is 0. The predicted molar refractivity (Wildman–Crippen MR) is 79.8 cm³/mol. The maximum Gasteiger partial charge on any atom is 0.325 e. The fraction of sp³-hybridized carbons (Fsp3) is 0.562. The first kappa shape index (κ1) is 17.4. The predicted octanol–water partition coefficient (Wildman–Crippen LogP) is 2.91. The molecular formula is C16H24FNO3. The Hall–Kier alpha value is -1.62. The molecule has 5 heteroatoms. The van der Waals surface area contributed by atoms with Crippen LogP contribution < -0.4 is 10.1 Å². The van der Waals surface area contributed by atoms with Gasteiger partial charge in [0.05, 0.1) is 13.7 Å². The Morgan fingerprint density at radius 2 is 2.14 bits per heavy atom. The van der Waals surface area contributed by atoms with Gasteiger partial charge in [-0.3, -0.25) is 10.1 Å². The van der Waals surface area contributed by atoms with Gasteiger partial charge in [-0.05, 0) is 45.7 Å². The number of halogens is 1. The van der Waals surface area contributed by atoms with Crippen molar-refractivity contribution in [3.63, 3.8) is 0 Å². The first-order chi connectivity index (χ1) is 9.87. The van der Waals surface area contributed by atoms with Gasteiger partial charge in [0.2, 0.25) is 0 Å². The molecule has 0 saturated heterocycles. The molecule has 1 atom stereocenters. The Balaban J connectivity index is 2.48. The summed E-state index contributed by atoms with van der Waals surface area (Å²) in [6.07, 6.45) is 1.23. The van der Waals surface area contributed by atoms with E-state index in [9.17, 15) is 9.18 Å². The standard InChI is InChI=1S/C16H24FNO3/c1-12(2)18-16(3,15(19)20-4)9-6-10-21-14-8-5-7-13(17)11-14/h5,7-8,11-12,18H,6,9-10H2,1-4H3. The molecule has 0 spiro atoms. The van der Waals surface area contributed by atoms with E-state index >= 15 is 0 Å². The molecule has 0 fully saturated rings. The zero-order chi connectivity index (χ0) is 15.9. The first-order valence-electron chi connectivity index (χ1n) is 7.12. The van der Waals surface area contributed by atoms with Crippen molar-refractivity contribution >= 4 is 5.97 Å². The van der Waals surface area contributed by atoms with Crippen LogP contribution in [0.1, 0.15) is 33.6 Å². The number of hydrogen-bond acceptors (Lipinski definition) is 4. The molecule has 4 nitrogen and oxygen atoms in total. The van der Waals surface area contributed by atoms with E-state index in [1.54, 1.807) is 12.1 Å². The third-order valence-corrected chi connectivity index (χ3v) is 3.13. The van der Waals surface area contributed by atoms with Crippen molar-refractivity contribution in [1.82, 2.24) is 5.32 Å². The van der Waals surface area contributed by atoms with Crippen LogP contribution in [0.4, 0.5) is 4.39 Å². The van der Waals surface area contributed by atoms with Crippen LogP contribution in [0.5, 0.6) is 5.75 Å². The van der Waals surface area contributed by atoms with E-state index in [2.05, 4.69) is 5.32 Å². The van der Waals surface area contributed by atoms with Crippen LogP contribution in [0.25, 0.3) is 0 Å². The SMILES string of the molecule is COC(=O)C(C)(CCCOc1cccc(F)c1)NC(C)C. The van der Waals surface area contributed by atoms with Gasteiger partial charge in [-0.1, -0.05) is 6.07 Å². The number of benzene rings is 1. The van der Waals surface area contributed by atoms with Gasteiger partial charge in [0.15, 0.2) is 0 Å². The summed E-state index contributed by atoms with van der Waals surface area (Å²) in [5, 5.41) is 3.22. The van der Waals surface area contributed by atoms with Gasteiger partial charge in [-0.2, -0.15) is 0 Å². The molecule has 0 aliphatic heterocycles. The maximum atomic E-state index is 13.0. The summed E-state index contributed by atoms with van der Waals surface area (Å²) in [4.78, 5) is 11.9. The van der Waals surface area contributed by atoms with Crippen LogP contribution in [-0.4, -0.2) is 31.3 Å². The molecule has 0 radical (unpaired) electrons. The van der Waals surface area contributed by atoms with Gasteiger partial charge in [0.1, 0.15) is 17.1 Å². The summed E-state index contributed by atoms with van der Waals surface area (Å²) in [5.74, 6) is -0.123. The van der Waals surface area contributed by atoms with Gasteiger partial charge in [-0.25, -0.2) is 4.39 Å². The third-order valence-electron chi connectivity index (χ3n) is 3.13. The molecule has 1 rings (SSSR count). The Labute approximate surface area is 125 Å². The molecule has 118 valence electrons. The zero-order valence-corrected chi connectivity index (χ0v) is 13.1. The van der Waals surface area contributed by atoms with Gasteiger partial charge in [0.25, 0.3) is 0 Å². The molecular weight excluding hydrogens is 273 g/mol. The van der Waals surface area contributed by atoms with Crippen LogP contribution >= 0.6 is 0 Å². The quantitative estimate of drug-likeness (QED) is 0.592.